The normalized spacial score (nSPS) is 11.6. The summed E-state index contributed by atoms with van der Waals surface area (Å²) in [5, 5.41) is 9.31. The minimum absolute atomic E-state index is 0.0403. The van der Waals surface area contributed by atoms with Gasteiger partial charge in [-0.25, -0.2) is 0 Å². The van der Waals surface area contributed by atoms with Crippen molar-refractivity contribution in [3.8, 4) is 6.07 Å². The summed E-state index contributed by atoms with van der Waals surface area (Å²) in [7, 11) is 0. The Morgan fingerprint density at radius 1 is 1.33 bits per heavy atom. The topological polar surface area (TPSA) is 44.1 Å². The maximum absolute atomic E-state index is 11.7. The van der Waals surface area contributed by atoms with Crippen LogP contribution >= 0.6 is 0 Å². The standard InChI is InChI=1S/C15H20N2O/c1-3-4-8-11-17(13(2)18)15(12-16)14-9-6-5-7-10-14/h5-7,9-10,15H,3-4,8,11H2,1-2H3/t15-/m1/s1. The van der Waals surface area contributed by atoms with E-state index in [1.165, 1.54) is 6.92 Å². The fraction of sp³-hybridized carbons (Fsp3) is 0.467. The van der Waals surface area contributed by atoms with Crippen LogP contribution in [-0.4, -0.2) is 17.4 Å². The van der Waals surface area contributed by atoms with Crippen molar-refractivity contribution in [2.45, 2.75) is 39.2 Å². The Balaban J connectivity index is 2.82. The number of rotatable bonds is 6. The number of carbonyl (C=O) groups is 1. The van der Waals surface area contributed by atoms with E-state index in [0.717, 1.165) is 24.8 Å². The summed E-state index contributed by atoms with van der Waals surface area (Å²) in [6, 6.07) is 11.2. The third-order valence-electron chi connectivity index (χ3n) is 2.96. The monoisotopic (exact) mass is 244 g/mol. The van der Waals surface area contributed by atoms with Crippen molar-refractivity contribution in [2.75, 3.05) is 6.54 Å². The molecule has 0 fully saturated rings. The first-order valence-electron chi connectivity index (χ1n) is 6.42. The summed E-state index contributed by atoms with van der Waals surface area (Å²) in [5.41, 5.74) is 0.881. The van der Waals surface area contributed by atoms with E-state index in [-0.39, 0.29) is 5.91 Å². The van der Waals surface area contributed by atoms with Crippen molar-refractivity contribution < 1.29 is 4.79 Å². The zero-order valence-corrected chi connectivity index (χ0v) is 11.1. The van der Waals surface area contributed by atoms with Gasteiger partial charge in [0.1, 0.15) is 6.04 Å². The van der Waals surface area contributed by atoms with Crippen molar-refractivity contribution in [3.63, 3.8) is 0 Å². The number of amides is 1. The molecule has 0 heterocycles. The van der Waals surface area contributed by atoms with Crippen LogP contribution in [0, 0.1) is 11.3 Å². The molecule has 0 aliphatic carbocycles. The van der Waals surface area contributed by atoms with Gasteiger partial charge in [-0.05, 0) is 12.0 Å². The van der Waals surface area contributed by atoms with Gasteiger partial charge in [0.2, 0.25) is 5.91 Å². The number of carbonyl (C=O) groups excluding carboxylic acids is 1. The van der Waals surface area contributed by atoms with Crippen LogP contribution in [0.2, 0.25) is 0 Å². The summed E-state index contributed by atoms with van der Waals surface area (Å²) >= 11 is 0. The Kier molecular flexibility index (Phi) is 5.93. The number of hydrogen-bond acceptors (Lipinski definition) is 2. The Morgan fingerprint density at radius 2 is 2.00 bits per heavy atom. The molecule has 0 aliphatic rings. The molecule has 1 rings (SSSR count). The minimum Gasteiger partial charge on any atom is -0.323 e. The predicted octanol–water partition coefficient (Wildman–Crippen LogP) is 3.29. The van der Waals surface area contributed by atoms with Crippen molar-refractivity contribution in [1.29, 1.82) is 5.26 Å². The van der Waals surface area contributed by atoms with Crippen molar-refractivity contribution in [3.05, 3.63) is 35.9 Å². The van der Waals surface area contributed by atoms with Gasteiger partial charge < -0.3 is 4.90 Å². The zero-order chi connectivity index (χ0) is 13.4. The van der Waals surface area contributed by atoms with E-state index in [2.05, 4.69) is 13.0 Å². The van der Waals surface area contributed by atoms with Gasteiger partial charge in [0, 0.05) is 13.5 Å². The van der Waals surface area contributed by atoms with E-state index in [9.17, 15) is 10.1 Å². The van der Waals surface area contributed by atoms with Crippen LogP contribution in [0.5, 0.6) is 0 Å². The summed E-state index contributed by atoms with van der Waals surface area (Å²) in [5.74, 6) is -0.0403. The fourth-order valence-corrected chi connectivity index (χ4v) is 1.96. The Hall–Kier alpha value is -1.82. The largest absolute Gasteiger partial charge is 0.323 e. The fourth-order valence-electron chi connectivity index (χ4n) is 1.96. The molecule has 0 N–H and O–H groups in total. The summed E-state index contributed by atoms with van der Waals surface area (Å²) in [4.78, 5) is 13.3. The second-order valence-corrected chi connectivity index (χ2v) is 4.36. The van der Waals surface area contributed by atoms with E-state index in [1.54, 1.807) is 4.90 Å². The predicted molar refractivity (Wildman–Crippen MR) is 71.7 cm³/mol. The molecule has 96 valence electrons. The van der Waals surface area contributed by atoms with Crippen molar-refractivity contribution >= 4 is 5.91 Å². The van der Waals surface area contributed by atoms with Gasteiger partial charge in [-0.15, -0.1) is 0 Å². The maximum atomic E-state index is 11.7. The van der Waals surface area contributed by atoms with Gasteiger partial charge in [-0.3, -0.25) is 4.79 Å². The molecule has 1 aromatic rings. The highest BCUT2D eigenvalue weighted by Crippen LogP contribution is 2.20. The Morgan fingerprint density at radius 3 is 2.50 bits per heavy atom. The molecule has 1 aromatic carbocycles. The molecule has 3 heteroatoms. The van der Waals surface area contributed by atoms with Gasteiger partial charge in [-0.2, -0.15) is 5.26 Å². The van der Waals surface area contributed by atoms with E-state index in [1.807, 2.05) is 30.3 Å². The number of nitriles is 1. The third kappa shape index (κ3) is 3.89. The van der Waals surface area contributed by atoms with E-state index < -0.39 is 6.04 Å². The molecule has 0 unspecified atom stereocenters. The number of hydrogen-bond donors (Lipinski definition) is 0. The third-order valence-corrected chi connectivity index (χ3v) is 2.96. The highest BCUT2D eigenvalue weighted by molar-refractivity contribution is 5.74. The molecule has 0 radical (unpaired) electrons. The van der Waals surface area contributed by atoms with Crippen LogP contribution in [0.1, 0.15) is 44.7 Å². The van der Waals surface area contributed by atoms with E-state index in [4.69, 9.17) is 0 Å². The summed E-state index contributed by atoms with van der Waals surface area (Å²) in [6.07, 6.45) is 3.13. The van der Waals surface area contributed by atoms with Gasteiger partial charge in [0.25, 0.3) is 0 Å². The lowest BCUT2D eigenvalue weighted by atomic mass is 10.1. The molecule has 3 nitrogen and oxygen atoms in total. The first-order valence-corrected chi connectivity index (χ1v) is 6.42. The second-order valence-electron chi connectivity index (χ2n) is 4.36. The van der Waals surface area contributed by atoms with Crippen LogP contribution in [0.15, 0.2) is 30.3 Å². The van der Waals surface area contributed by atoms with Crippen LogP contribution in [0.4, 0.5) is 0 Å². The highest BCUT2D eigenvalue weighted by atomic mass is 16.2. The van der Waals surface area contributed by atoms with E-state index in [0.29, 0.717) is 6.54 Å². The average molecular weight is 244 g/mol. The van der Waals surface area contributed by atoms with Crippen molar-refractivity contribution in [1.82, 2.24) is 4.90 Å². The zero-order valence-electron chi connectivity index (χ0n) is 11.1. The first kappa shape index (κ1) is 14.2. The van der Waals surface area contributed by atoms with Crippen LogP contribution in [0.3, 0.4) is 0 Å². The summed E-state index contributed by atoms with van der Waals surface area (Å²) in [6.45, 7) is 4.30. The number of unbranched alkanes of at least 4 members (excludes halogenated alkanes) is 2. The summed E-state index contributed by atoms with van der Waals surface area (Å²) < 4.78 is 0. The molecule has 1 atom stereocenters. The average Bonchev–Trinajstić information content (AvgIpc) is 2.39. The molecule has 0 bridgehead atoms. The molecular formula is C15H20N2O. The molecule has 1 amide bonds. The lowest BCUT2D eigenvalue weighted by Gasteiger charge is -2.26. The molecule has 18 heavy (non-hydrogen) atoms. The number of benzene rings is 1. The van der Waals surface area contributed by atoms with Gasteiger partial charge in [-0.1, -0.05) is 50.1 Å². The molecule has 0 aliphatic heterocycles. The molecule has 0 aromatic heterocycles. The quantitative estimate of drug-likeness (QED) is 0.721. The molecule has 0 saturated heterocycles. The van der Waals surface area contributed by atoms with Crippen molar-refractivity contribution in [2.24, 2.45) is 0 Å². The number of nitrogens with zero attached hydrogens (tertiary/aromatic N) is 2. The van der Waals surface area contributed by atoms with Crippen LogP contribution in [0.25, 0.3) is 0 Å². The maximum Gasteiger partial charge on any atom is 0.220 e. The smallest absolute Gasteiger partial charge is 0.220 e. The molecular weight excluding hydrogens is 224 g/mol. The van der Waals surface area contributed by atoms with E-state index >= 15 is 0 Å². The lowest BCUT2D eigenvalue weighted by Crippen LogP contribution is -2.33. The molecule has 0 spiro atoms. The first-order chi connectivity index (χ1) is 8.70. The Bertz CT molecular complexity index is 408. The van der Waals surface area contributed by atoms with Gasteiger partial charge in [0.05, 0.1) is 6.07 Å². The van der Waals surface area contributed by atoms with Crippen LogP contribution in [-0.2, 0) is 4.79 Å². The van der Waals surface area contributed by atoms with Gasteiger partial charge in [0.15, 0.2) is 0 Å². The highest BCUT2D eigenvalue weighted by Gasteiger charge is 2.21. The SMILES string of the molecule is CCCCCN(C(C)=O)[C@H](C#N)c1ccccc1. The Labute approximate surface area is 109 Å². The second kappa shape index (κ2) is 7.50. The molecule has 0 saturated carbocycles. The van der Waals surface area contributed by atoms with Gasteiger partial charge >= 0.3 is 0 Å². The minimum atomic E-state index is -0.472. The van der Waals surface area contributed by atoms with Crippen LogP contribution < -0.4 is 0 Å². The lowest BCUT2D eigenvalue weighted by molar-refractivity contribution is -0.130.